The fraction of sp³-hybridized carbons (Fsp3) is 1.00. The third-order valence-electron chi connectivity index (χ3n) is 1.66. The van der Waals surface area contributed by atoms with E-state index in [0.717, 1.165) is 7.11 Å². The van der Waals surface area contributed by atoms with Gasteiger partial charge in [-0.15, -0.1) is 0 Å². The highest BCUT2D eigenvalue weighted by molar-refractivity contribution is 7.90. The van der Waals surface area contributed by atoms with Gasteiger partial charge in [0.2, 0.25) is 0 Å². The van der Waals surface area contributed by atoms with Gasteiger partial charge in [-0.1, -0.05) is 6.42 Å². The molecule has 0 aliphatic carbocycles. The van der Waals surface area contributed by atoms with Crippen LogP contribution in [0.15, 0.2) is 0 Å². The van der Waals surface area contributed by atoms with E-state index in [1.807, 2.05) is 0 Å². The van der Waals surface area contributed by atoms with Gasteiger partial charge in [-0.25, -0.2) is 8.42 Å². The van der Waals surface area contributed by atoms with E-state index < -0.39 is 20.0 Å². The quantitative estimate of drug-likeness (QED) is 0.471. The molecule has 0 radical (unpaired) electrons. The Morgan fingerprint density at radius 2 is 1.43 bits per heavy atom. The van der Waals surface area contributed by atoms with Gasteiger partial charge in [0.15, 0.2) is 0 Å². The van der Waals surface area contributed by atoms with Crippen molar-refractivity contribution in [1.29, 1.82) is 0 Å². The summed E-state index contributed by atoms with van der Waals surface area (Å²) < 4.78 is 47.3. The van der Waals surface area contributed by atoms with Crippen LogP contribution in [0.5, 0.6) is 0 Å². The average Bonchev–Trinajstić information content (AvgIpc) is 2.01. The van der Waals surface area contributed by atoms with Gasteiger partial charge in [-0.2, -0.15) is 8.42 Å². The molecular weight excluding hydrogens is 228 g/mol. The molecule has 0 atom stereocenters. The summed E-state index contributed by atoms with van der Waals surface area (Å²) in [7, 11) is -5.19. The summed E-state index contributed by atoms with van der Waals surface area (Å²) in [4.78, 5) is 0. The van der Waals surface area contributed by atoms with Crippen molar-refractivity contribution in [3.8, 4) is 0 Å². The largest absolute Gasteiger partial charge is 0.273 e. The molecule has 0 bridgehead atoms. The molecule has 0 unspecified atom stereocenters. The SMILES string of the molecule is COS(=O)(=O)CCCCCS(C)(=O)=O. The van der Waals surface area contributed by atoms with Crippen molar-refractivity contribution in [2.45, 2.75) is 19.3 Å². The first-order valence-corrected chi connectivity index (χ1v) is 7.87. The Morgan fingerprint density at radius 3 is 1.86 bits per heavy atom. The zero-order chi connectivity index (χ0) is 11.2. The molecule has 0 aromatic heterocycles. The predicted octanol–water partition coefficient (Wildman–Crippen LogP) is 0.178. The van der Waals surface area contributed by atoms with Gasteiger partial charge < -0.3 is 0 Å². The Bertz CT molecular complexity index is 340. The van der Waals surface area contributed by atoms with Gasteiger partial charge in [-0.3, -0.25) is 4.18 Å². The Hall–Kier alpha value is -0.140. The number of rotatable bonds is 7. The second-order valence-corrected chi connectivity index (χ2v) is 7.24. The van der Waals surface area contributed by atoms with Crippen molar-refractivity contribution in [3.05, 3.63) is 0 Å². The van der Waals surface area contributed by atoms with Crippen LogP contribution in [0.3, 0.4) is 0 Å². The van der Waals surface area contributed by atoms with Crippen LogP contribution in [0.4, 0.5) is 0 Å². The Morgan fingerprint density at radius 1 is 0.929 bits per heavy atom. The Labute approximate surface area is 85.5 Å². The zero-order valence-corrected chi connectivity index (χ0v) is 10.0. The summed E-state index contributed by atoms with van der Waals surface area (Å²) in [5.41, 5.74) is 0. The minimum atomic E-state index is -3.38. The molecule has 0 saturated carbocycles. The molecule has 0 N–H and O–H groups in total. The third kappa shape index (κ3) is 8.46. The van der Waals surface area contributed by atoms with Crippen LogP contribution in [-0.4, -0.2) is 41.7 Å². The second-order valence-electron chi connectivity index (χ2n) is 3.12. The summed E-state index contributed by atoms with van der Waals surface area (Å²) in [5, 5.41) is 0. The number of hydrogen-bond acceptors (Lipinski definition) is 5. The highest BCUT2D eigenvalue weighted by Crippen LogP contribution is 2.02. The van der Waals surface area contributed by atoms with Gasteiger partial charge >= 0.3 is 0 Å². The van der Waals surface area contributed by atoms with E-state index in [2.05, 4.69) is 4.18 Å². The molecule has 5 nitrogen and oxygen atoms in total. The van der Waals surface area contributed by atoms with Gasteiger partial charge in [0, 0.05) is 12.0 Å². The lowest BCUT2D eigenvalue weighted by molar-refractivity contribution is 0.396. The maximum atomic E-state index is 10.8. The average molecular weight is 244 g/mol. The summed E-state index contributed by atoms with van der Waals surface area (Å²) >= 11 is 0. The molecule has 7 heteroatoms. The van der Waals surface area contributed by atoms with Crippen LogP contribution < -0.4 is 0 Å². The minimum Gasteiger partial charge on any atom is -0.273 e. The summed E-state index contributed by atoms with van der Waals surface area (Å²) in [6, 6.07) is 0. The van der Waals surface area contributed by atoms with Crippen LogP contribution in [0.1, 0.15) is 19.3 Å². The standard InChI is InChI=1S/C7H16O5S2/c1-12-14(10,11)7-5-3-4-6-13(2,8)9/h3-7H2,1-2H3. The second kappa shape index (κ2) is 5.67. The van der Waals surface area contributed by atoms with Gasteiger partial charge in [-0.05, 0) is 12.8 Å². The fourth-order valence-corrected chi connectivity index (χ4v) is 2.36. The highest BCUT2D eigenvalue weighted by atomic mass is 32.2. The van der Waals surface area contributed by atoms with Gasteiger partial charge in [0.25, 0.3) is 10.1 Å². The van der Waals surface area contributed by atoms with Crippen molar-refractivity contribution < 1.29 is 21.0 Å². The van der Waals surface area contributed by atoms with Gasteiger partial charge in [0.05, 0.1) is 12.9 Å². The monoisotopic (exact) mass is 244 g/mol. The number of unbranched alkanes of at least 4 members (excludes halogenated alkanes) is 2. The van der Waals surface area contributed by atoms with Crippen LogP contribution in [0.2, 0.25) is 0 Å². The molecular formula is C7H16O5S2. The molecule has 0 aliphatic rings. The summed E-state index contributed by atoms with van der Waals surface area (Å²) in [5.74, 6) is 0.0628. The van der Waals surface area contributed by atoms with E-state index in [0.29, 0.717) is 19.3 Å². The van der Waals surface area contributed by atoms with Crippen molar-refractivity contribution in [2.75, 3.05) is 24.9 Å². The first-order valence-electron chi connectivity index (χ1n) is 4.23. The van der Waals surface area contributed by atoms with Crippen molar-refractivity contribution in [2.24, 2.45) is 0 Å². The van der Waals surface area contributed by atoms with E-state index in [4.69, 9.17) is 0 Å². The topological polar surface area (TPSA) is 77.5 Å². The van der Waals surface area contributed by atoms with Crippen LogP contribution in [0, 0.1) is 0 Å². The van der Waals surface area contributed by atoms with E-state index in [1.165, 1.54) is 6.26 Å². The van der Waals surface area contributed by atoms with Crippen molar-refractivity contribution in [3.63, 3.8) is 0 Å². The van der Waals surface area contributed by atoms with E-state index in [1.54, 1.807) is 0 Å². The molecule has 0 rings (SSSR count). The number of hydrogen-bond donors (Lipinski definition) is 0. The molecule has 0 spiro atoms. The molecule has 14 heavy (non-hydrogen) atoms. The smallest absolute Gasteiger partial charge is 0.267 e. The third-order valence-corrected chi connectivity index (χ3v) is 3.99. The molecule has 0 heterocycles. The first kappa shape index (κ1) is 13.9. The summed E-state index contributed by atoms with van der Waals surface area (Å²) in [6.07, 6.45) is 2.68. The van der Waals surface area contributed by atoms with E-state index >= 15 is 0 Å². The minimum absolute atomic E-state index is 0.0484. The van der Waals surface area contributed by atoms with Gasteiger partial charge in [0.1, 0.15) is 9.84 Å². The fourth-order valence-electron chi connectivity index (χ4n) is 0.903. The maximum absolute atomic E-state index is 10.8. The molecule has 0 fully saturated rings. The molecule has 86 valence electrons. The predicted molar refractivity (Wildman–Crippen MR) is 54.4 cm³/mol. The molecule has 0 aromatic carbocycles. The molecule has 0 saturated heterocycles. The van der Waals surface area contributed by atoms with E-state index in [-0.39, 0.29) is 11.5 Å². The van der Waals surface area contributed by atoms with Crippen LogP contribution >= 0.6 is 0 Å². The van der Waals surface area contributed by atoms with Crippen molar-refractivity contribution in [1.82, 2.24) is 0 Å². The molecule has 0 amide bonds. The molecule has 0 aromatic rings. The van der Waals surface area contributed by atoms with E-state index in [9.17, 15) is 16.8 Å². The van der Waals surface area contributed by atoms with Crippen LogP contribution in [-0.2, 0) is 24.1 Å². The maximum Gasteiger partial charge on any atom is 0.267 e. The normalized spacial score (nSPS) is 13.0. The lowest BCUT2D eigenvalue weighted by atomic mass is 10.3. The Balaban J connectivity index is 3.59. The first-order chi connectivity index (χ1) is 6.27. The van der Waals surface area contributed by atoms with Crippen molar-refractivity contribution >= 4 is 20.0 Å². The van der Waals surface area contributed by atoms with Crippen LogP contribution in [0.25, 0.3) is 0 Å². The summed E-state index contributed by atoms with van der Waals surface area (Å²) in [6.45, 7) is 0. The number of sulfone groups is 1. The molecule has 0 aliphatic heterocycles. The zero-order valence-electron chi connectivity index (χ0n) is 8.39. The lowest BCUT2D eigenvalue weighted by Crippen LogP contribution is -2.08. The Kier molecular flexibility index (Phi) is 5.61. The highest BCUT2D eigenvalue weighted by Gasteiger charge is 2.08. The lowest BCUT2D eigenvalue weighted by Gasteiger charge is -2.00.